The second-order valence-corrected chi connectivity index (χ2v) is 5.66. The summed E-state index contributed by atoms with van der Waals surface area (Å²) in [5.74, 6) is 0.546. The number of unbranched alkanes of at least 4 members (excludes halogenated alkanes) is 1. The Hall–Kier alpha value is -3.31. The molecular formula is C16H19F3N8O. The fourth-order valence-corrected chi connectivity index (χ4v) is 2.08. The molecule has 0 aliphatic rings. The minimum atomic E-state index is -4.43. The number of nitrogens with zero attached hydrogens (tertiary/aromatic N) is 5. The first-order valence-corrected chi connectivity index (χ1v) is 8.35. The zero-order chi connectivity index (χ0) is 20.4. The van der Waals surface area contributed by atoms with Crippen LogP contribution in [0.25, 0.3) is 0 Å². The van der Waals surface area contributed by atoms with Crippen molar-refractivity contribution in [2.75, 3.05) is 17.2 Å². The van der Waals surface area contributed by atoms with E-state index in [2.05, 4.69) is 35.8 Å². The predicted molar refractivity (Wildman–Crippen MR) is 96.4 cm³/mol. The molecule has 0 saturated heterocycles. The van der Waals surface area contributed by atoms with Gasteiger partial charge in [0.05, 0.1) is 0 Å². The number of alkyl halides is 3. The molecule has 2 rings (SSSR count). The first kappa shape index (κ1) is 21.0. The van der Waals surface area contributed by atoms with Gasteiger partial charge in [0.1, 0.15) is 18.2 Å². The molecule has 0 fully saturated rings. The zero-order valence-corrected chi connectivity index (χ0v) is 14.8. The number of aromatic nitrogens is 4. The molecule has 0 spiro atoms. The highest BCUT2D eigenvalue weighted by Gasteiger charge is 2.26. The van der Waals surface area contributed by atoms with E-state index in [4.69, 9.17) is 5.73 Å². The highest BCUT2D eigenvalue weighted by molar-refractivity contribution is 5.91. The lowest BCUT2D eigenvalue weighted by Gasteiger charge is -2.07. The fraction of sp³-hybridized carbons (Fsp3) is 0.375. The Morgan fingerprint density at radius 3 is 2.68 bits per heavy atom. The summed E-state index contributed by atoms with van der Waals surface area (Å²) in [5, 5.41) is 12.6. The second-order valence-electron chi connectivity index (χ2n) is 5.66. The normalized spacial score (nSPS) is 11.9. The van der Waals surface area contributed by atoms with Gasteiger partial charge in [0.15, 0.2) is 11.8 Å². The maximum Gasteiger partial charge on any atom is 0.408 e. The Morgan fingerprint density at radius 2 is 1.96 bits per heavy atom. The number of hydrogen-bond acceptors (Lipinski definition) is 6. The van der Waals surface area contributed by atoms with Crippen molar-refractivity contribution in [2.24, 2.45) is 10.7 Å². The minimum absolute atomic E-state index is 0.175. The third kappa shape index (κ3) is 8.38. The van der Waals surface area contributed by atoms with Crippen LogP contribution in [0.1, 0.15) is 25.1 Å². The van der Waals surface area contributed by atoms with Gasteiger partial charge < -0.3 is 16.4 Å². The van der Waals surface area contributed by atoms with E-state index in [1.54, 1.807) is 12.1 Å². The van der Waals surface area contributed by atoms with Gasteiger partial charge in [-0.25, -0.2) is 15.0 Å². The number of amides is 1. The van der Waals surface area contributed by atoms with Crippen LogP contribution in [-0.2, 0) is 11.2 Å². The van der Waals surface area contributed by atoms with E-state index < -0.39 is 12.7 Å². The quantitative estimate of drug-likeness (QED) is 0.353. The van der Waals surface area contributed by atoms with Gasteiger partial charge in [0, 0.05) is 25.2 Å². The number of carbonyl (C=O) groups is 1. The Kier molecular flexibility index (Phi) is 7.60. The molecule has 0 bridgehead atoms. The van der Waals surface area contributed by atoms with Crippen molar-refractivity contribution >= 4 is 23.5 Å². The lowest BCUT2D eigenvalue weighted by molar-refractivity contribution is -0.118. The van der Waals surface area contributed by atoms with Gasteiger partial charge in [0.2, 0.25) is 5.91 Å². The number of hydrogen-bond donors (Lipinski definition) is 3. The first-order chi connectivity index (χ1) is 13.3. The summed E-state index contributed by atoms with van der Waals surface area (Å²) in [4.78, 5) is 23.2. The van der Waals surface area contributed by atoms with E-state index in [0.29, 0.717) is 37.3 Å². The van der Waals surface area contributed by atoms with Gasteiger partial charge in [-0.1, -0.05) is 0 Å². The smallest absolute Gasteiger partial charge is 0.370 e. The van der Waals surface area contributed by atoms with Crippen molar-refractivity contribution in [1.29, 1.82) is 0 Å². The standard InChI is InChI=1S/C16H19F3N8O/c17-16(18,19)10-22-15(20)26-12-7-9-21-11(24-12)4-1-2-6-14(28)25-13-5-3-8-23-27-13/h3,5,7-9H,1-2,4,6,10H2,(H,25,27,28)(H3,20,21,22,24,26). The highest BCUT2D eigenvalue weighted by atomic mass is 19.4. The van der Waals surface area contributed by atoms with Gasteiger partial charge in [0.25, 0.3) is 0 Å². The molecule has 150 valence electrons. The van der Waals surface area contributed by atoms with Gasteiger partial charge >= 0.3 is 6.18 Å². The molecule has 0 unspecified atom stereocenters. The number of nitrogens with one attached hydrogen (secondary N) is 2. The van der Waals surface area contributed by atoms with E-state index in [9.17, 15) is 18.0 Å². The summed E-state index contributed by atoms with van der Waals surface area (Å²) < 4.78 is 36.4. The molecule has 0 aromatic carbocycles. The molecule has 0 radical (unpaired) electrons. The number of nitrogens with two attached hydrogens (primary N) is 1. The monoisotopic (exact) mass is 396 g/mol. The maximum atomic E-state index is 12.1. The van der Waals surface area contributed by atoms with Crippen LogP contribution in [-0.4, -0.2) is 44.8 Å². The van der Waals surface area contributed by atoms with Gasteiger partial charge in [-0.3, -0.25) is 4.79 Å². The summed E-state index contributed by atoms with van der Waals surface area (Å²) in [7, 11) is 0. The summed E-state index contributed by atoms with van der Waals surface area (Å²) in [6.07, 6.45) is 0.579. The summed E-state index contributed by atoms with van der Waals surface area (Å²) >= 11 is 0. The number of guanidine groups is 1. The molecule has 12 heteroatoms. The van der Waals surface area contributed by atoms with Crippen LogP contribution >= 0.6 is 0 Å². The van der Waals surface area contributed by atoms with Gasteiger partial charge in [-0.2, -0.15) is 18.3 Å². The third-order valence-corrected chi connectivity index (χ3v) is 3.28. The Labute approximate surface area is 158 Å². The molecule has 4 N–H and O–H groups in total. The van der Waals surface area contributed by atoms with Crippen LogP contribution in [0.4, 0.5) is 24.8 Å². The molecule has 0 aliphatic heterocycles. The van der Waals surface area contributed by atoms with E-state index in [-0.39, 0.29) is 17.7 Å². The van der Waals surface area contributed by atoms with Crippen LogP contribution in [0.15, 0.2) is 35.6 Å². The predicted octanol–water partition coefficient (Wildman–Crippen LogP) is 1.91. The number of carbonyl (C=O) groups excluding carboxylic acids is 1. The summed E-state index contributed by atoms with van der Waals surface area (Å²) in [5.41, 5.74) is 5.41. The zero-order valence-electron chi connectivity index (χ0n) is 14.8. The highest BCUT2D eigenvalue weighted by Crippen LogP contribution is 2.14. The van der Waals surface area contributed by atoms with Crippen molar-refractivity contribution in [3.05, 3.63) is 36.4 Å². The number of aryl methyl sites for hydroxylation is 1. The molecule has 0 saturated carbocycles. The Balaban J connectivity index is 1.74. The molecule has 1 amide bonds. The van der Waals surface area contributed by atoms with Crippen LogP contribution in [0.3, 0.4) is 0 Å². The molecule has 2 heterocycles. The number of halogens is 3. The molecule has 2 aromatic heterocycles. The van der Waals surface area contributed by atoms with E-state index in [1.165, 1.54) is 18.5 Å². The molecule has 9 nitrogen and oxygen atoms in total. The van der Waals surface area contributed by atoms with Crippen LogP contribution in [0.2, 0.25) is 0 Å². The molecule has 0 aliphatic carbocycles. The average Bonchev–Trinajstić information content (AvgIpc) is 2.64. The topological polar surface area (TPSA) is 131 Å². The SMILES string of the molecule is NC(=NCC(F)(F)F)Nc1ccnc(CCCCC(=O)Nc2cccnn2)n1. The van der Waals surface area contributed by atoms with Crippen molar-refractivity contribution < 1.29 is 18.0 Å². The van der Waals surface area contributed by atoms with E-state index >= 15 is 0 Å². The van der Waals surface area contributed by atoms with Crippen molar-refractivity contribution in [3.63, 3.8) is 0 Å². The van der Waals surface area contributed by atoms with Crippen LogP contribution in [0.5, 0.6) is 0 Å². The van der Waals surface area contributed by atoms with Gasteiger partial charge in [-0.15, -0.1) is 5.10 Å². The van der Waals surface area contributed by atoms with E-state index in [1.807, 2.05) is 0 Å². The van der Waals surface area contributed by atoms with Crippen LogP contribution in [0, 0.1) is 0 Å². The minimum Gasteiger partial charge on any atom is -0.370 e. The fourth-order valence-electron chi connectivity index (χ4n) is 2.08. The lowest BCUT2D eigenvalue weighted by atomic mass is 10.2. The first-order valence-electron chi connectivity index (χ1n) is 8.35. The van der Waals surface area contributed by atoms with Gasteiger partial charge in [-0.05, 0) is 31.0 Å². The lowest BCUT2D eigenvalue weighted by Crippen LogP contribution is -2.26. The molecule has 28 heavy (non-hydrogen) atoms. The average molecular weight is 396 g/mol. The van der Waals surface area contributed by atoms with Crippen molar-refractivity contribution in [3.8, 4) is 0 Å². The Bertz CT molecular complexity index is 798. The maximum absolute atomic E-state index is 12.1. The molecular weight excluding hydrogens is 377 g/mol. The third-order valence-electron chi connectivity index (χ3n) is 3.28. The van der Waals surface area contributed by atoms with E-state index in [0.717, 1.165) is 0 Å². The summed E-state index contributed by atoms with van der Waals surface area (Å²) in [6.45, 7) is -1.37. The number of anilines is 2. The van der Waals surface area contributed by atoms with Crippen LogP contribution < -0.4 is 16.4 Å². The van der Waals surface area contributed by atoms with Crippen molar-refractivity contribution in [2.45, 2.75) is 31.9 Å². The molecule has 2 aromatic rings. The number of aliphatic imine (C=N–C) groups is 1. The number of rotatable bonds is 8. The summed E-state index contributed by atoms with van der Waals surface area (Å²) in [6, 6.07) is 4.77. The largest absolute Gasteiger partial charge is 0.408 e. The Morgan fingerprint density at radius 1 is 1.14 bits per heavy atom. The van der Waals surface area contributed by atoms with Crippen molar-refractivity contribution in [1.82, 2.24) is 20.2 Å². The molecule has 0 atom stereocenters. The second kappa shape index (κ2) is 10.1.